The predicted molar refractivity (Wildman–Crippen MR) is 138 cm³/mol. The average molecular weight is 461 g/mol. The summed E-state index contributed by atoms with van der Waals surface area (Å²) in [5.74, 6) is 0.210. The summed E-state index contributed by atoms with van der Waals surface area (Å²) in [5.41, 5.74) is 5.33. The number of hydrogen-bond acceptors (Lipinski definition) is 3. The Kier molecular flexibility index (Phi) is 6.44. The van der Waals surface area contributed by atoms with Gasteiger partial charge in [0.05, 0.1) is 5.56 Å². The van der Waals surface area contributed by atoms with Gasteiger partial charge in [-0.15, -0.1) is 11.3 Å². The fourth-order valence-corrected chi connectivity index (χ4v) is 5.83. The first-order valence-corrected chi connectivity index (χ1v) is 12.3. The van der Waals surface area contributed by atoms with Gasteiger partial charge in [0.2, 0.25) is 0 Å². The molecule has 33 heavy (non-hydrogen) atoms. The molecule has 2 aromatic carbocycles. The van der Waals surface area contributed by atoms with Crippen LogP contribution in [0, 0.1) is 25.2 Å². The lowest BCUT2D eigenvalue weighted by atomic mass is 9.72. The number of carbonyl (C=O) groups excluding carboxylic acids is 2. The number of nitrogens with one attached hydrogen (secondary N) is 2. The molecule has 1 aromatic heterocycles. The van der Waals surface area contributed by atoms with E-state index in [1.54, 1.807) is 17.4 Å². The van der Waals surface area contributed by atoms with E-state index >= 15 is 0 Å². The first-order chi connectivity index (χ1) is 15.6. The Balaban J connectivity index is 1.70. The lowest BCUT2D eigenvalue weighted by Crippen LogP contribution is -2.27. The van der Waals surface area contributed by atoms with Crippen molar-refractivity contribution in [3.05, 3.63) is 81.2 Å². The van der Waals surface area contributed by atoms with Crippen LogP contribution in [-0.4, -0.2) is 11.8 Å². The number of rotatable bonds is 4. The summed E-state index contributed by atoms with van der Waals surface area (Å²) < 4.78 is 0. The molecule has 0 saturated heterocycles. The van der Waals surface area contributed by atoms with Gasteiger partial charge in [0.25, 0.3) is 11.8 Å². The third-order valence-electron chi connectivity index (χ3n) is 6.62. The Morgan fingerprint density at radius 3 is 2.42 bits per heavy atom. The molecule has 4 nitrogen and oxygen atoms in total. The van der Waals surface area contributed by atoms with Crippen molar-refractivity contribution in [3.8, 4) is 0 Å². The van der Waals surface area contributed by atoms with Crippen LogP contribution in [0.1, 0.15) is 69.5 Å². The van der Waals surface area contributed by atoms with Crippen LogP contribution < -0.4 is 10.6 Å². The van der Waals surface area contributed by atoms with Gasteiger partial charge in [0.1, 0.15) is 5.00 Å². The Labute approximate surface area is 200 Å². The molecule has 0 aliphatic heterocycles. The zero-order valence-corrected chi connectivity index (χ0v) is 20.9. The van der Waals surface area contributed by atoms with Crippen molar-refractivity contribution in [1.82, 2.24) is 0 Å². The van der Waals surface area contributed by atoms with E-state index in [0.717, 1.165) is 41.6 Å². The maximum absolute atomic E-state index is 13.5. The van der Waals surface area contributed by atoms with Crippen LogP contribution in [0.3, 0.4) is 0 Å². The molecule has 0 spiro atoms. The second kappa shape index (κ2) is 9.14. The van der Waals surface area contributed by atoms with Gasteiger partial charge in [0, 0.05) is 16.1 Å². The van der Waals surface area contributed by atoms with E-state index in [-0.39, 0.29) is 17.2 Å². The summed E-state index contributed by atoms with van der Waals surface area (Å²) in [5, 5.41) is 6.79. The van der Waals surface area contributed by atoms with Crippen LogP contribution in [0.15, 0.2) is 48.5 Å². The van der Waals surface area contributed by atoms with Crippen LogP contribution >= 0.6 is 11.3 Å². The molecule has 2 N–H and O–H groups in total. The normalized spacial score (nSPS) is 15.6. The third-order valence-corrected chi connectivity index (χ3v) is 7.79. The minimum atomic E-state index is -0.186. The van der Waals surface area contributed by atoms with Gasteiger partial charge in [0.15, 0.2) is 0 Å². The van der Waals surface area contributed by atoms with Crippen molar-refractivity contribution < 1.29 is 9.59 Å². The molecule has 0 radical (unpaired) electrons. The van der Waals surface area contributed by atoms with Crippen LogP contribution in [0.2, 0.25) is 0 Å². The highest BCUT2D eigenvalue weighted by Gasteiger charge is 2.34. The Hall–Kier alpha value is -2.92. The van der Waals surface area contributed by atoms with Crippen molar-refractivity contribution in [1.29, 1.82) is 0 Å². The van der Waals surface area contributed by atoms with Crippen molar-refractivity contribution in [2.45, 2.75) is 53.9 Å². The van der Waals surface area contributed by atoms with Gasteiger partial charge in [-0.25, -0.2) is 0 Å². The largest absolute Gasteiger partial charge is 0.322 e. The van der Waals surface area contributed by atoms with Crippen LogP contribution in [0.25, 0.3) is 0 Å². The van der Waals surface area contributed by atoms with E-state index in [1.165, 1.54) is 4.88 Å². The van der Waals surface area contributed by atoms with Crippen molar-refractivity contribution >= 4 is 33.8 Å². The molecule has 172 valence electrons. The molecular weight excluding hydrogens is 428 g/mol. The summed E-state index contributed by atoms with van der Waals surface area (Å²) in [6.45, 7) is 10.8. The van der Waals surface area contributed by atoms with Crippen molar-refractivity contribution in [2.24, 2.45) is 11.3 Å². The van der Waals surface area contributed by atoms with Crippen LogP contribution in [-0.2, 0) is 12.8 Å². The molecular formula is C28H32N2O2S. The summed E-state index contributed by atoms with van der Waals surface area (Å²) >= 11 is 1.56. The molecule has 1 unspecified atom stereocenters. The number of amides is 2. The highest BCUT2D eigenvalue weighted by Crippen LogP contribution is 2.44. The monoisotopic (exact) mass is 460 g/mol. The number of fused-ring (bicyclic) bond motifs is 1. The quantitative estimate of drug-likeness (QED) is 0.439. The maximum atomic E-state index is 13.5. The predicted octanol–water partition coefficient (Wildman–Crippen LogP) is 7.02. The minimum absolute atomic E-state index is 0.157. The summed E-state index contributed by atoms with van der Waals surface area (Å²) in [4.78, 5) is 27.8. The number of para-hydroxylation sites is 1. The van der Waals surface area contributed by atoms with Crippen molar-refractivity contribution in [2.75, 3.05) is 10.6 Å². The second-order valence-corrected chi connectivity index (χ2v) is 11.2. The SMILES string of the molecule is Cc1cccc(C(=O)Nc2sc3c(c2C(=O)Nc2ccccc2C)CCC(C(C)(C)C)C3)c1. The number of carbonyl (C=O) groups is 2. The van der Waals surface area contributed by atoms with E-state index in [2.05, 4.69) is 31.4 Å². The molecule has 2 amide bonds. The maximum Gasteiger partial charge on any atom is 0.258 e. The lowest BCUT2D eigenvalue weighted by Gasteiger charge is -2.33. The van der Waals surface area contributed by atoms with E-state index in [0.29, 0.717) is 22.0 Å². The lowest BCUT2D eigenvalue weighted by molar-refractivity contribution is 0.102. The Bertz CT molecular complexity index is 1200. The van der Waals surface area contributed by atoms with Gasteiger partial charge in [-0.3, -0.25) is 9.59 Å². The van der Waals surface area contributed by atoms with E-state index in [1.807, 2.05) is 56.3 Å². The van der Waals surface area contributed by atoms with E-state index < -0.39 is 0 Å². The summed E-state index contributed by atoms with van der Waals surface area (Å²) in [7, 11) is 0. The first kappa shape index (κ1) is 23.2. The third kappa shape index (κ3) is 5.03. The highest BCUT2D eigenvalue weighted by molar-refractivity contribution is 7.17. The fourth-order valence-electron chi connectivity index (χ4n) is 4.51. The number of benzene rings is 2. The fraction of sp³-hybridized carbons (Fsp3) is 0.357. The van der Waals surface area contributed by atoms with E-state index in [4.69, 9.17) is 0 Å². The topological polar surface area (TPSA) is 58.2 Å². The minimum Gasteiger partial charge on any atom is -0.322 e. The number of thiophene rings is 1. The zero-order valence-electron chi connectivity index (χ0n) is 20.0. The van der Waals surface area contributed by atoms with Gasteiger partial charge >= 0.3 is 0 Å². The first-order valence-electron chi connectivity index (χ1n) is 11.5. The Morgan fingerprint density at radius 1 is 0.970 bits per heavy atom. The van der Waals surface area contributed by atoms with Gasteiger partial charge < -0.3 is 10.6 Å². The van der Waals surface area contributed by atoms with Crippen molar-refractivity contribution in [3.63, 3.8) is 0 Å². The second-order valence-electron chi connectivity index (χ2n) is 10.1. The van der Waals surface area contributed by atoms with Crippen LogP contribution in [0.4, 0.5) is 10.7 Å². The Morgan fingerprint density at radius 2 is 1.73 bits per heavy atom. The van der Waals surface area contributed by atoms with Gasteiger partial charge in [-0.05, 0) is 73.8 Å². The number of hydrogen-bond donors (Lipinski definition) is 2. The molecule has 0 fully saturated rings. The summed E-state index contributed by atoms with van der Waals surface area (Å²) in [6, 6.07) is 15.3. The number of aryl methyl sites for hydroxylation is 2. The number of anilines is 2. The highest BCUT2D eigenvalue weighted by atomic mass is 32.1. The molecule has 1 heterocycles. The molecule has 4 rings (SSSR count). The van der Waals surface area contributed by atoms with Crippen LogP contribution in [0.5, 0.6) is 0 Å². The van der Waals surface area contributed by atoms with E-state index in [9.17, 15) is 9.59 Å². The average Bonchev–Trinajstić information content (AvgIpc) is 3.11. The standard InChI is InChI=1S/C28H32N2O2S/c1-17-9-8-11-19(15-17)25(31)30-27-24(26(32)29-22-12-7-6-10-18(22)2)21-14-13-20(28(3,4)5)16-23(21)33-27/h6-12,15,20H,13-14,16H2,1-5H3,(H,29,32)(H,30,31). The smallest absolute Gasteiger partial charge is 0.258 e. The molecule has 1 aliphatic carbocycles. The van der Waals surface area contributed by atoms with Gasteiger partial charge in [-0.1, -0.05) is 56.7 Å². The molecule has 5 heteroatoms. The molecule has 3 aromatic rings. The molecule has 1 aliphatic rings. The van der Waals surface area contributed by atoms with Gasteiger partial charge in [-0.2, -0.15) is 0 Å². The molecule has 1 atom stereocenters. The summed E-state index contributed by atoms with van der Waals surface area (Å²) in [6.07, 6.45) is 2.84. The molecule has 0 bridgehead atoms. The zero-order chi connectivity index (χ0) is 23.8. The molecule has 0 saturated carbocycles.